The molecule has 0 aromatic carbocycles. The van der Waals surface area contributed by atoms with Gasteiger partial charge in [-0.2, -0.15) is 15.0 Å². The zero-order valence-corrected chi connectivity index (χ0v) is 18.2. The van der Waals surface area contributed by atoms with Crippen molar-refractivity contribution in [3.05, 3.63) is 0 Å². The van der Waals surface area contributed by atoms with Gasteiger partial charge in [-0.3, -0.25) is 5.43 Å². The van der Waals surface area contributed by atoms with Crippen LogP contribution in [0.15, 0.2) is 0 Å². The van der Waals surface area contributed by atoms with E-state index in [2.05, 4.69) is 20.2 Å². The lowest BCUT2D eigenvalue weighted by atomic mass is 10.0. The predicted molar refractivity (Wildman–Crippen MR) is 121 cm³/mol. The summed E-state index contributed by atoms with van der Waals surface area (Å²) in [7, 11) is 0. The molecule has 11 nitrogen and oxygen atoms in total. The van der Waals surface area contributed by atoms with Crippen molar-refractivity contribution in [2.45, 2.75) is 56.3 Å². The highest BCUT2D eigenvalue weighted by Gasteiger charge is 2.37. The first-order chi connectivity index (χ1) is 14.9. The van der Waals surface area contributed by atoms with Crippen LogP contribution >= 0.6 is 0 Å². The molecule has 9 N–H and O–H groups in total. The molecule has 172 valence electrons. The van der Waals surface area contributed by atoms with E-state index >= 15 is 0 Å². The molecule has 4 fully saturated rings. The Morgan fingerprint density at radius 2 is 1.10 bits per heavy atom. The van der Waals surface area contributed by atoms with Gasteiger partial charge in [0.2, 0.25) is 17.8 Å². The number of fused-ring (bicyclic) bond motifs is 1. The number of nitrogens with zero attached hydrogens (tertiary/aromatic N) is 6. The molecular formula is C20H37N11. The molecule has 4 aliphatic rings. The van der Waals surface area contributed by atoms with Crippen molar-refractivity contribution < 1.29 is 0 Å². The van der Waals surface area contributed by atoms with Crippen LogP contribution in [-0.4, -0.2) is 83.4 Å². The number of hydrogen-bond acceptors (Lipinski definition) is 11. The lowest BCUT2D eigenvalue weighted by molar-refractivity contribution is 0.368. The maximum Gasteiger partial charge on any atom is 0.244 e. The molecule has 3 saturated heterocycles. The topological polar surface area (TPSA) is 164 Å². The largest absolute Gasteiger partial charge is 0.338 e. The summed E-state index contributed by atoms with van der Waals surface area (Å²) in [6.45, 7) is 4.82. The van der Waals surface area contributed by atoms with Crippen molar-refractivity contribution >= 4 is 17.8 Å². The number of aromatic nitrogens is 3. The molecule has 1 aliphatic carbocycles. The van der Waals surface area contributed by atoms with Gasteiger partial charge in [0.25, 0.3) is 0 Å². The number of nitrogens with two attached hydrogens (primary N) is 4. The van der Waals surface area contributed by atoms with Gasteiger partial charge in [0.05, 0.1) is 0 Å². The molecule has 0 bridgehead atoms. The Morgan fingerprint density at radius 3 is 1.55 bits per heavy atom. The molecule has 0 amide bonds. The third kappa shape index (κ3) is 4.70. The molecule has 6 unspecified atom stereocenters. The number of anilines is 3. The van der Waals surface area contributed by atoms with Crippen LogP contribution in [0, 0.1) is 11.8 Å². The predicted octanol–water partition coefficient (Wildman–Crippen LogP) is -1.34. The van der Waals surface area contributed by atoms with Crippen LogP contribution in [0.1, 0.15) is 32.1 Å². The summed E-state index contributed by atoms with van der Waals surface area (Å²) in [4.78, 5) is 18.5. The fourth-order valence-corrected chi connectivity index (χ4v) is 5.84. The summed E-state index contributed by atoms with van der Waals surface area (Å²) >= 11 is 0. The Bertz CT molecular complexity index is 699. The van der Waals surface area contributed by atoms with Gasteiger partial charge in [-0.1, -0.05) is 6.42 Å². The molecule has 1 aromatic heterocycles. The Balaban J connectivity index is 1.40. The Labute approximate surface area is 183 Å². The summed E-state index contributed by atoms with van der Waals surface area (Å²) < 4.78 is 0. The van der Waals surface area contributed by atoms with Gasteiger partial charge in [-0.15, -0.1) is 0 Å². The maximum absolute atomic E-state index is 6.23. The Hall–Kier alpha value is -1.79. The molecular weight excluding hydrogens is 394 g/mol. The van der Waals surface area contributed by atoms with E-state index in [9.17, 15) is 0 Å². The van der Waals surface area contributed by atoms with Gasteiger partial charge in [-0.25, -0.2) is 5.01 Å². The highest BCUT2D eigenvalue weighted by Crippen LogP contribution is 2.37. The molecule has 6 atom stereocenters. The van der Waals surface area contributed by atoms with Crippen molar-refractivity contribution in [3.63, 3.8) is 0 Å². The fraction of sp³-hybridized carbons (Fsp3) is 0.850. The van der Waals surface area contributed by atoms with Crippen LogP contribution in [0.5, 0.6) is 0 Å². The molecule has 0 radical (unpaired) electrons. The highest BCUT2D eigenvalue weighted by atomic mass is 15.6. The van der Waals surface area contributed by atoms with Crippen molar-refractivity contribution in [1.82, 2.24) is 20.0 Å². The zero-order chi connectivity index (χ0) is 21.5. The number of piperidine rings is 2. The first-order valence-electron chi connectivity index (χ1n) is 11.7. The van der Waals surface area contributed by atoms with Gasteiger partial charge in [-0.05, 0) is 37.5 Å². The average Bonchev–Trinajstić information content (AvgIpc) is 3.28. The van der Waals surface area contributed by atoms with E-state index in [1.807, 2.05) is 0 Å². The SMILES string of the molecule is NC1CC(N)CN(c2nc(NN3CC4CCCC4C3)nc(N3CC(N)CC(N)C3)n2)C1. The monoisotopic (exact) mass is 431 g/mol. The Morgan fingerprint density at radius 1 is 0.645 bits per heavy atom. The minimum Gasteiger partial charge on any atom is -0.338 e. The quantitative estimate of drug-likeness (QED) is 0.383. The van der Waals surface area contributed by atoms with E-state index < -0.39 is 0 Å². The lowest BCUT2D eigenvalue weighted by Gasteiger charge is -2.37. The van der Waals surface area contributed by atoms with Crippen molar-refractivity contribution in [2.75, 3.05) is 54.5 Å². The van der Waals surface area contributed by atoms with E-state index in [-0.39, 0.29) is 24.2 Å². The maximum atomic E-state index is 6.23. The van der Waals surface area contributed by atoms with E-state index in [0.29, 0.717) is 44.0 Å². The van der Waals surface area contributed by atoms with Crippen LogP contribution in [-0.2, 0) is 0 Å². The van der Waals surface area contributed by atoms with Crippen LogP contribution in [0.3, 0.4) is 0 Å². The second-order valence-electron chi connectivity index (χ2n) is 10.0. The molecule has 3 aliphatic heterocycles. The number of hydrazine groups is 1. The van der Waals surface area contributed by atoms with Crippen LogP contribution in [0.2, 0.25) is 0 Å². The first kappa shape index (κ1) is 21.1. The summed E-state index contributed by atoms with van der Waals surface area (Å²) in [5.74, 6) is 3.37. The smallest absolute Gasteiger partial charge is 0.244 e. The minimum atomic E-state index is 0.00941. The fourth-order valence-electron chi connectivity index (χ4n) is 5.84. The van der Waals surface area contributed by atoms with Gasteiger partial charge in [0, 0.05) is 63.4 Å². The van der Waals surface area contributed by atoms with E-state index in [1.54, 1.807) is 0 Å². The molecule has 0 spiro atoms. The molecule has 4 heterocycles. The third-order valence-electron chi connectivity index (χ3n) is 7.19. The van der Waals surface area contributed by atoms with E-state index in [1.165, 1.54) is 19.3 Å². The normalized spacial score (nSPS) is 36.6. The highest BCUT2D eigenvalue weighted by molar-refractivity contribution is 5.46. The van der Waals surface area contributed by atoms with Gasteiger partial charge >= 0.3 is 0 Å². The van der Waals surface area contributed by atoms with Crippen molar-refractivity contribution in [1.29, 1.82) is 0 Å². The summed E-state index contributed by atoms with van der Waals surface area (Å²) in [6.07, 6.45) is 5.62. The number of nitrogens with one attached hydrogen (secondary N) is 1. The average molecular weight is 432 g/mol. The standard InChI is InChI=1S/C20H37N11/c21-14-4-15(22)9-29(8-14)19-25-18(28-31-6-12-2-1-3-13(12)7-31)26-20(27-19)30-10-16(23)5-17(24)11-30/h12-17H,1-11,21-24H2,(H,25,26,27,28). The van der Waals surface area contributed by atoms with Gasteiger partial charge < -0.3 is 32.7 Å². The summed E-state index contributed by atoms with van der Waals surface area (Å²) in [5.41, 5.74) is 28.4. The van der Waals surface area contributed by atoms with E-state index in [4.69, 9.17) is 37.9 Å². The molecule has 1 aromatic rings. The Kier molecular flexibility index (Phi) is 5.86. The summed E-state index contributed by atoms with van der Waals surface area (Å²) in [5, 5.41) is 2.26. The van der Waals surface area contributed by atoms with Crippen molar-refractivity contribution in [2.24, 2.45) is 34.8 Å². The van der Waals surface area contributed by atoms with Crippen molar-refractivity contribution in [3.8, 4) is 0 Å². The molecule has 11 heteroatoms. The summed E-state index contributed by atoms with van der Waals surface area (Å²) in [6, 6.07) is 0.0376. The minimum absolute atomic E-state index is 0.00941. The molecule has 1 saturated carbocycles. The van der Waals surface area contributed by atoms with Gasteiger partial charge in [0.15, 0.2) is 0 Å². The van der Waals surface area contributed by atoms with Gasteiger partial charge in [0.1, 0.15) is 0 Å². The van der Waals surface area contributed by atoms with Crippen LogP contribution < -0.4 is 38.2 Å². The third-order valence-corrected chi connectivity index (χ3v) is 7.19. The van der Waals surface area contributed by atoms with E-state index in [0.717, 1.165) is 37.8 Å². The lowest BCUT2D eigenvalue weighted by Crippen LogP contribution is -2.54. The molecule has 31 heavy (non-hydrogen) atoms. The number of rotatable bonds is 4. The zero-order valence-electron chi connectivity index (χ0n) is 18.2. The molecule has 5 rings (SSSR count). The second-order valence-corrected chi connectivity index (χ2v) is 10.0. The van der Waals surface area contributed by atoms with Crippen LogP contribution in [0.4, 0.5) is 17.8 Å². The number of hydrogen-bond donors (Lipinski definition) is 5. The second kappa shape index (κ2) is 8.62. The first-order valence-corrected chi connectivity index (χ1v) is 11.7. The van der Waals surface area contributed by atoms with Crippen LogP contribution in [0.25, 0.3) is 0 Å².